The van der Waals surface area contributed by atoms with Gasteiger partial charge in [-0.15, -0.1) is 0 Å². The first-order valence-corrected chi connectivity index (χ1v) is 10.4. The number of carboxylic acids is 1. The monoisotopic (exact) mass is 427 g/mol. The lowest BCUT2D eigenvalue weighted by Gasteiger charge is -2.15. The fraction of sp³-hybridized carbons (Fsp3) is 0.227. The number of hydrogen-bond donors (Lipinski definition) is 2. The summed E-state index contributed by atoms with van der Waals surface area (Å²) >= 11 is 1.42. The molecule has 1 heterocycles. The largest absolute Gasteiger partial charge is 0.484 e. The molecule has 8 heteroatoms. The Morgan fingerprint density at radius 3 is 2.67 bits per heavy atom. The van der Waals surface area contributed by atoms with Crippen molar-refractivity contribution in [2.75, 3.05) is 12.4 Å². The van der Waals surface area contributed by atoms with Gasteiger partial charge in [0.1, 0.15) is 17.4 Å². The SMILES string of the molecule is Cc1cc(=O)oc2cc(OCC(=O)N[C@H](CSCc3ccccc3)C(=O)O)ccc12. The zero-order chi connectivity index (χ0) is 21.5. The van der Waals surface area contributed by atoms with Crippen LogP contribution >= 0.6 is 11.8 Å². The molecule has 0 fully saturated rings. The molecule has 0 aliphatic heterocycles. The Hall–Kier alpha value is -3.26. The lowest BCUT2D eigenvalue weighted by atomic mass is 10.1. The van der Waals surface area contributed by atoms with Crippen LogP contribution in [-0.4, -0.2) is 35.4 Å². The molecule has 3 aromatic rings. The highest BCUT2D eigenvalue weighted by atomic mass is 32.2. The molecule has 2 N–H and O–H groups in total. The van der Waals surface area contributed by atoms with E-state index >= 15 is 0 Å². The number of thioether (sulfide) groups is 1. The Bertz CT molecular complexity index is 1100. The minimum absolute atomic E-state index is 0.233. The van der Waals surface area contributed by atoms with Gasteiger partial charge in [0.25, 0.3) is 5.91 Å². The van der Waals surface area contributed by atoms with Gasteiger partial charge in [0.05, 0.1) is 0 Å². The van der Waals surface area contributed by atoms with Crippen LogP contribution in [0.5, 0.6) is 5.75 Å². The van der Waals surface area contributed by atoms with Gasteiger partial charge in [-0.2, -0.15) is 11.8 Å². The van der Waals surface area contributed by atoms with Gasteiger partial charge in [0.2, 0.25) is 0 Å². The third-order valence-corrected chi connectivity index (χ3v) is 5.43. The molecular formula is C22H21NO6S. The molecule has 1 aromatic heterocycles. The highest BCUT2D eigenvalue weighted by molar-refractivity contribution is 7.98. The summed E-state index contributed by atoms with van der Waals surface area (Å²) in [5, 5.41) is 12.6. The highest BCUT2D eigenvalue weighted by Gasteiger charge is 2.20. The molecule has 0 radical (unpaired) electrons. The molecule has 7 nitrogen and oxygen atoms in total. The number of fused-ring (bicyclic) bond motifs is 1. The molecule has 0 bridgehead atoms. The summed E-state index contributed by atoms with van der Waals surface area (Å²) in [5.74, 6) is -0.424. The van der Waals surface area contributed by atoms with Gasteiger partial charge in [-0.05, 0) is 30.2 Å². The van der Waals surface area contributed by atoms with Crippen LogP contribution in [-0.2, 0) is 15.3 Å². The number of benzene rings is 2. The van der Waals surface area contributed by atoms with E-state index in [0.717, 1.165) is 16.5 Å². The lowest BCUT2D eigenvalue weighted by Crippen LogP contribution is -2.44. The van der Waals surface area contributed by atoms with Crippen LogP contribution in [0.25, 0.3) is 11.0 Å². The molecule has 3 rings (SSSR count). The average molecular weight is 427 g/mol. The van der Waals surface area contributed by atoms with Crippen molar-refractivity contribution in [3.63, 3.8) is 0 Å². The van der Waals surface area contributed by atoms with E-state index in [0.29, 0.717) is 17.1 Å². The molecule has 0 saturated carbocycles. The third-order valence-electron chi connectivity index (χ3n) is 4.32. The van der Waals surface area contributed by atoms with Crippen LogP contribution in [0.15, 0.2) is 63.8 Å². The highest BCUT2D eigenvalue weighted by Crippen LogP contribution is 2.22. The zero-order valence-electron chi connectivity index (χ0n) is 16.3. The molecule has 2 aromatic carbocycles. The lowest BCUT2D eigenvalue weighted by molar-refractivity contribution is -0.141. The number of rotatable bonds is 9. The summed E-state index contributed by atoms with van der Waals surface area (Å²) in [6, 6.07) is 15.0. The van der Waals surface area contributed by atoms with Crippen molar-refractivity contribution in [3.8, 4) is 5.75 Å². The normalized spacial score (nSPS) is 11.8. The average Bonchev–Trinajstić information content (AvgIpc) is 2.71. The quantitative estimate of drug-likeness (QED) is 0.506. The predicted octanol–water partition coefficient (Wildman–Crippen LogP) is 2.98. The van der Waals surface area contributed by atoms with Crippen molar-refractivity contribution in [1.29, 1.82) is 0 Å². The fourth-order valence-corrected chi connectivity index (χ4v) is 3.83. The number of carbonyl (C=O) groups is 2. The van der Waals surface area contributed by atoms with Gasteiger partial charge < -0.3 is 19.6 Å². The molecule has 156 valence electrons. The Labute approximate surface area is 177 Å². The van der Waals surface area contributed by atoms with Crippen molar-refractivity contribution < 1.29 is 23.8 Å². The van der Waals surface area contributed by atoms with Crippen molar-refractivity contribution in [1.82, 2.24) is 5.32 Å². The van der Waals surface area contributed by atoms with E-state index in [9.17, 15) is 19.5 Å². The predicted molar refractivity (Wildman–Crippen MR) is 115 cm³/mol. The van der Waals surface area contributed by atoms with Crippen LogP contribution in [0, 0.1) is 6.92 Å². The summed E-state index contributed by atoms with van der Waals surface area (Å²) < 4.78 is 10.6. The van der Waals surface area contributed by atoms with E-state index in [2.05, 4.69) is 5.32 Å². The summed E-state index contributed by atoms with van der Waals surface area (Å²) in [6.07, 6.45) is 0. The first kappa shape index (κ1) is 21.4. The van der Waals surface area contributed by atoms with Gasteiger partial charge in [-0.3, -0.25) is 4.79 Å². The van der Waals surface area contributed by atoms with Gasteiger partial charge in [-0.25, -0.2) is 9.59 Å². The second-order valence-electron chi connectivity index (χ2n) is 6.65. The number of carbonyl (C=O) groups excluding carboxylic acids is 1. The molecule has 0 aliphatic carbocycles. The first-order chi connectivity index (χ1) is 14.4. The minimum atomic E-state index is -1.10. The van der Waals surface area contributed by atoms with E-state index < -0.39 is 23.5 Å². The Balaban J connectivity index is 1.53. The van der Waals surface area contributed by atoms with E-state index in [1.54, 1.807) is 19.1 Å². The molecule has 0 saturated heterocycles. The maximum atomic E-state index is 12.2. The summed E-state index contributed by atoms with van der Waals surface area (Å²) in [4.78, 5) is 35.1. The number of nitrogens with one attached hydrogen (secondary N) is 1. The van der Waals surface area contributed by atoms with Crippen molar-refractivity contribution in [2.24, 2.45) is 0 Å². The number of hydrogen-bond acceptors (Lipinski definition) is 6. The summed E-state index contributed by atoms with van der Waals surface area (Å²) in [6.45, 7) is 1.45. The van der Waals surface area contributed by atoms with Crippen LogP contribution in [0.1, 0.15) is 11.1 Å². The first-order valence-electron chi connectivity index (χ1n) is 9.23. The molecule has 0 spiro atoms. The number of amides is 1. The maximum absolute atomic E-state index is 12.2. The Morgan fingerprint density at radius 1 is 1.17 bits per heavy atom. The van der Waals surface area contributed by atoms with Gasteiger partial charge in [0, 0.05) is 29.0 Å². The molecule has 0 unspecified atom stereocenters. The number of aliphatic carboxylic acids is 1. The topological polar surface area (TPSA) is 106 Å². The van der Waals surface area contributed by atoms with Crippen LogP contribution in [0.4, 0.5) is 0 Å². The second-order valence-corrected chi connectivity index (χ2v) is 7.68. The third kappa shape index (κ3) is 5.87. The number of aryl methyl sites for hydroxylation is 1. The van der Waals surface area contributed by atoms with Crippen LogP contribution < -0.4 is 15.7 Å². The second kappa shape index (κ2) is 9.98. The molecule has 1 amide bonds. The molecular weight excluding hydrogens is 406 g/mol. The molecule has 30 heavy (non-hydrogen) atoms. The summed E-state index contributed by atoms with van der Waals surface area (Å²) in [5.41, 5.74) is 1.76. The van der Waals surface area contributed by atoms with Crippen molar-refractivity contribution in [2.45, 2.75) is 18.7 Å². The van der Waals surface area contributed by atoms with Gasteiger partial charge in [-0.1, -0.05) is 30.3 Å². The van der Waals surface area contributed by atoms with E-state index in [-0.39, 0.29) is 12.4 Å². The van der Waals surface area contributed by atoms with Gasteiger partial charge >= 0.3 is 11.6 Å². The minimum Gasteiger partial charge on any atom is -0.484 e. The summed E-state index contributed by atoms with van der Waals surface area (Å²) in [7, 11) is 0. The van der Waals surface area contributed by atoms with Crippen LogP contribution in [0.3, 0.4) is 0 Å². The van der Waals surface area contributed by atoms with Crippen molar-refractivity contribution >= 4 is 34.6 Å². The Morgan fingerprint density at radius 2 is 1.93 bits per heavy atom. The van der Waals surface area contributed by atoms with E-state index in [1.165, 1.54) is 23.9 Å². The zero-order valence-corrected chi connectivity index (χ0v) is 17.1. The molecule has 0 aliphatic rings. The standard InChI is InChI=1S/C22H21NO6S/c1-14-9-21(25)29-19-10-16(7-8-17(14)19)28-11-20(24)23-18(22(26)27)13-30-12-15-5-3-2-4-6-15/h2-10,18H,11-13H2,1H3,(H,23,24)(H,26,27)/t18-/m1/s1. The Kier molecular flexibility index (Phi) is 7.13. The van der Waals surface area contributed by atoms with Crippen molar-refractivity contribution in [3.05, 3.63) is 76.1 Å². The fourth-order valence-electron chi connectivity index (χ4n) is 2.82. The van der Waals surface area contributed by atoms with E-state index in [4.69, 9.17) is 9.15 Å². The maximum Gasteiger partial charge on any atom is 0.336 e. The van der Waals surface area contributed by atoms with E-state index in [1.807, 2.05) is 30.3 Å². The smallest absolute Gasteiger partial charge is 0.336 e. The number of ether oxygens (including phenoxy) is 1. The number of carboxylic acid groups (broad SMARTS) is 1. The van der Waals surface area contributed by atoms with Gasteiger partial charge in [0.15, 0.2) is 6.61 Å². The molecule has 1 atom stereocenters. The van der Waals surface area contributed by atoms with Crippen LogP contribution in [0.2, 0.25) is 0 Å².